The van der Waals surface area contributed by atoms with Gasteiger partial charge in [0.15, 0.2) is 0 Å². The van der Waals surface area contributed by atoms with Gasteiger partial charge in [0.1, 0.15) is 0 Å². The quantitative estimate of drug-likeness (QED) is 0.305. The van der Waals surface area contributed by atoms with Crippen molar-refractivity contribution >= 4 is 18.3 Å². The van der Waals surface area contributed by atoms with E-state index in [-0.39, 0.29) is 18.9 Å². The molecule has 0 radical (unpaired) electrons. The van der Waals surface area contributed by atoms with E-state index < -0.39 is 18.3 Å². The Bertz CT molecular complexity index is 230. The van der Waals surface area contributed by atoms with Crippen LogP contribution < -0.4 is 18.9 Å². The third kappa shape index (κ3) is 11.3. The molecule has 0 N–H and O–H groups in total. The van der Waals surface area contributed by atoms with Crippen molar-refractivity contribution in [2.75, 3.05) is 0 Å². The largest absolute Gasteiger partial charge is 1.00 e. The molecule has 0 rings (SSSR count). The molecule has 0 amide bonds. The van der Waals surface area contributed by atoms with Crippen LogP contribution >= 0.6 is 7.91 Å². The van der Waals surface area contributed by atoms with Crippen LogP contribution in [0.4, 0.5) is 12.3 Å². The third-order valence-electron chi connectivity index (χ3n) is 0.193. The Balaban J connectivity index is 0. The molecule has 0 aliphatic carbocycles. The molecule has 56 valence electrons. The van der Waals surface area contributed by atoms with Gasteiger partial charge in [0, 0.05) is 0 Å². The van der Waals surface area contributed by atoms with E-state index in [1.165, 1.54) is 0 Å². The van der Waals surface area contributed by atoms with Crippen molar-refractivity contribution in [3.63, 3.8) is 0 Å². The van der Waals surface area contributed by atoms with Gasteiger partial charge in [-0.3, -0.25) is 4.57 Å². The summed E-state index contributed by atoms with van der Waals surface area (Å²) in [5.74, 6) is 0. The zero-order valence-electron chi connectivity index (χ0n) is 4.66. The summed E-state index contributed by atoms with van der Waals surface area (Å²) in [4.78, 5) is 0. The summed E-state index contributed by atoms with van der Waals surface area (Å²) in [7, 11) is -11.8. The Morgan fingerprint density at radius 1 is 1.30 bits per heavy atom. The first kappa shape index (κ1) is 13.1. The molecule has 0 aromatic rings. The summed E-state index contributed by atoms with van der Waals surface area (Å²) in [6, 6.07) is 0. The molecule has 0 aliphatic rings. The van der Waals surface area contributed by atoms with Crippen LogP contribution in [-0.2, 0) is 15.0 Å². The molecule has 0 saturated carbocycles. The Labute approximate surface area is 67.4 Å². The second-order valence-corrected chi connectivity index (χ2v) is 3.28. The van der Waals surface area contributed by atoms with Crippen LogP contribution in [0.3, 0.4) is 0 Å². The molecule has 4 nitrogen and oxygen atoms in total. The molecule has 0 heterocycles. The van der Waals surface area contributed by atoms with Crippen molar-refractivity contribution in [2.24, 2.45) is 0 Å². The summed E-state index contributed by atoms with van der Waals surface area (Å²) < 4.78 is 61.5. The number of hydrogen-bond acceptors (Lipinski definition) is 3. The summed E-state index contributed by atoms with van der Waals surface area (Å²) in [5.41, 5.74) is 0. The van der Waals surface area contributed by atoms with Crippen LogP contribution in [0.5, 0.6) is 0 Å². The number of halogens is 3. The summed E-state index contributed by atoms with van der Waals surface area (Å²) in [6.07, 6.45) is 0. The fourth-order valence-electron chi connectivity index (χ4n) is 0.114. The van der Waals surface area contributed by atoms with E-state index >= 15 is 0 Å². The standard InChI is InChI=1S/F3NO3PS.Li/c1-8(2,5)4-9(3,6)7;/q-1;+1. The molecule has 0 aliphatic heterocycles. The van der Waals surface area contributed by atoms with Crippen molar-refractivity contribution in [2.45, 2.75) is 0 Å². The maximum absolute atomic E-state index is 11.0. The van der Waals surface area contributed by atoms with Gasteiger partial charge >= 0.3 is 26.8 Å². The van der Waals surface area contributed by atoms with Gasteiger partial charge in [-0.05, 0) is 0 Å². The van der Waals surface area contributed by atoms with Crippen LogP contribution in [-0.4, -0.2) is 8.42 Å². The van der Waals surface area contributed by atoms with Gasteiger partial charge < -0.3 is 4.49 Å². The maximum atomic E-state index is 11.0. The number of nitrogens with zero attached hydrogens (tertiary/aromatic N) is 1. The molecular formula is F3LiNO3PS. The Hall–Kier alpha value is 0.527. The first-order valence-electron chi connectivity index (χ1n) is 1.39. The molecular weight excluding hydrogens is 189 g/mol. The van der Waals surface area contributed by atoms with E-state index in [0.29, 0.717) is 0 Å². The van der Waals surface area contributed by atoms with Gasteiger partial charge in [0.05, 0.1) is 0 Å². The predicted molar refractivity (Wildman–Crippen MR) is 23.2 cm³/mol. The zero-order valence-corrected chi connectivity index (χ0v) is 6.37. The minimum absolute atomic E-state index is 0. The van der Waals surface area contributed by atoms with Crippen LogP contribution in [0.1, 0.15) is 0 Å². The van der Waals surface area contributed by atoms with E-state index in [4.69, 9.17) is 13.0 Å². The Morgan fingerprint density at radius 2 is 1.60 bits per heavy atom. The van der Waals surface area contributed by atoms with E-state index in [2.05, 4.69) is 0 Å². The van der Waals surface area contributed by atoms with E-state index in [0.717, 1.165) is 4.49 Å². The topological polar surface area (TPSA) is 65.3 Å². The van der Waals surface area contributed by atoms with E-state index in [1.54, 1.807) is 0 Å². The monoisotopic (exact) mass is 189 g/mol. The average Bonchev–Trinajstić information content (AvgIpc) is 1.14. The normalized spacial score (nSPS) is 12.3. The fourth-order valence-corrected chi connectivity index (χ4v) is 1.02. The summed E-state index contributed by atoms with van der Waals surface area (Å²) in [5, 5.41) is 0. The SMILES string of the molecule is O=P(F)(F)[N-]S(=O)(=O)F.[Li+]. The fraction of sp³-hybridized carbons (Fsp3) is 0. The third-order valence-corrected chi connectivity index (χ3v) is 1.73. The Morgan fingerprint density at radius 3 is 1.60 bits per heavy atom. The second-order valence-electron chi connectivity index (χ2n) is 0.928. The first-order valence-corrected chi connectivity index (χ1v) is 4.17. The van der Waals surface area contributed by atoms with Crippen LogP contribution in [0.2, 0.25) is 0 Å². The smallest absolute Gasteiger partial charge is 0.406 e. The summed E-state index contributed by atoms with van der Waals surface area (Å²) >= 11 is 0. The maximum Gasteiger partial charge on any atom is 1.00 e. The molecule has 0 aromatic carbocycles. The van der Waals surface area contributed by atoms with Gasteiger partial charge in [-0.15, -0.1) is 3.89 Å². The average molecular weight is 189 g/mol. The van der Waals surface area contributed by atoms with Gasteiger partial charge in [0.25, 0.3) is 0 Å². The summed E-state index contributed by atoms with van der Waals surface area (Å²) in [6.45, 7) is 0. The van der Waals surface area contributed by atoms with Crippen molar-refractivity contribution in [1.29, 1.82) is 0 Å². The molecule has 0 aromatic heterocycles. The number of rotatable bonds is 2. The molecule has 0 fully saturated rings. The van der Waals surface area contributed by atoms with Gasteiger partial charge in [-0.25, -0.2) is 8.42 Å². The van der Waals surface area contributed by atoms with Crippen molar-refractivity contribution in [1.82, 2.24) is 0 Å². The minimum atomic E-state index is -6.13. The van der Waals surface area contributed by atoms with Crippen molar-refractivity contribution < 1.29 is 44.1 Å². The second kappa shape index (κ2) is 3.79. The zero-order chi connectivity index (χ0) is 7.71. The van der Waals surface area contributed by atoms with Crippen LogP contribution in [0.15, 0.2) is 0 Å². The predicted octanol–water partition coefficient (Wildman–Crippen LogP) is -1.37. The molecule has 10 heavy (non-hydrogen) atoms. The van der Waals surface area contributed by atoms with Gasteiger partial charge in [-0.2, -0.15) is 8.39 Å². The van der Waals surface area contributed by atoms with E-state index in [9.17, 15) is 12.3 Å². The van der Waals surface area contributed by atoms with E-state index in [1.807, 2.05) is 0 Å². The first-order chi connectivity index (χ1) is 3.71. The molecule has 10 heteroatoms. The van der Waals surface area contributed by atoms with Crippen LogP contribution in [0.25, 0.3) is 4.49 Å². The van der Waals surface area contributed by atoms with Gasteiger partial charge in [0.2, 0.25) is 10.4 Å². The molecule has 0 saturated heterocycles. The number of hydrogen-bond donors (Lipinski definition) is 0. The minimum Gasteiger partial charge on any atom is -0.406 e. The Kier molecular flexibility index (Phi) is 4.98. The molecule has 0 atom stereocenters. The molecule has 0 spiro atoms. The van der Waals surface area contributed by atoms with Crippen molar-refractivity contribution in [3.8, 4) is 0 Å². The molecule has 0 unspecified atom stereocenters. The molecule has 0 bridgehead atoms. The van der Waals surface area contributed by atoms with Crippen LogP contribution in [0, 0.1) is 0 Å². The van der Waals surface area contributed by atoms with Gasteiger partial charge in [-0.1, -0.05) is 0 Å². The van der Waals surface area contributed by atoms with Crippen molar-refractivity contribution in [3.05, 3.63) is 4.49 Å².